The Bertz CT molecular complexity index is 1000. The van der Waals surface area contributed by atoms with Crippen LogP contribution in [-0.2, 0) is 11.8 Å². The average Bonchev–Trinajstić information content (AvgIpc) is 3.07. The topological polar surface area (TPSA) is 76.9 Å². The van der Waals surface area contributed by atoms with E-state index in [9.17, 15) is 9.59 Å². The summed E-state index contributed by atoms with van der Waals surface area (Å²) >= 11 is 7.55. The van der Waals surface area contributed by atoms with Crippen LogP contribution in [0, 0.1) is 0 Å². The molecule has 0 aliphatic carbocycles. The van der Waals surface area contributed by atoms with E-state index in [1.807, 2.05) is 29.8 Å². The number of carbonyl (C=O) groups excluding carboxylic acids is 2. The Morgan fingerprint density at radius 1 is 1.11 bits per heavy atom. The summed E-state index contributed by atoms with van der Waals surface area (Å²) in [6, 6.07) is 14.3. The fourth-order valence-corrected chi connectivity index (χ4v) is 3.55. The number of benzene rings is 2. The van der Waals surface area contributed by atoms with Crippen molar-refractivity contribution in [2.45, 2.75) is 18.5 Å². The number of hydrogen-bond acceptors (Lipinski definition) is 5. The van der Waals surface area contributed by atoms with Gasteiger partial charge < -0.3 is 9.88 Å². The van der Waals surface area contributed by atoms with Crippen molar-refractivity contribution in [1.29, 1.82) is 0 Å². The minimum Gasteiger partial charge on any atom is -0.326 e. The van der Waals surface area contributed by atoms with Crippen LogP contribution < -0.4 is 5.32 Å². The molecule has 1 heterocycles. The van der Waals surface area contributed by atoms with Gasteiger partial charge in [-0.1, -0.05) is 42.4 Å². The highest BCUT2D eigenvalue weighted by Crippen LogP contribution is 2.28. The summed E-state index contributed by atoms with van der Waals surface area (Å²) in [5.74, 6) is 0.790. The van der Waals surface area contributed by atoms with Crippen LogP contribution in [0.1, 0.15) is 23.7 Å². The average molecular weight is 415 g/mol. The maximum Gasteiger partial charge on any atom is 0.224 e. The second-order valence-corrected chi connectivity index (χ2v) is 7.39. The molecular weight excluding hydrogens is 396 g/mol. The molecule has 0 aliphatic rings. The summed E-state index contributed by atoms with van der Waals surface area (Å²) in [4.78, 5) is 23.9. The monoisotopic (exact) mass is 414 g/mol. The molecule has 0 saturated carbocycles. The van der Waals surface area contributed by atoms with Crippen LogP contribution in [0.2, 0.25) is 5.02 Å². The number of anilines is 1. The summed E-state index contributed by atoms with van der Waals surface area (Å²) in [6.07, 6.45) is 0.408. The van der Waals surface area contributed by atoms with Gasteiger partial charge in [-0.05, 0) is 36.4 Å². The molecule has 3 rings (SSSR count). The van der Waals surface area contributed by atoms with E-state index in [1.54, 1.807) is 37.3 Å². The van der Waals surface area contributed by atoms with E-state index in [0.29, 0.717) is 33.7 Å². The molecular formula is C20H19ClN4O2S. The number of hydrogen-bond donors (Lipinski definition) is 1. The van der Waals surface area contributed by atoms with E-state index >= 15 is 0 Å². The van der Waals surface area contributed by atoms with Gasteiger partial charge in [-0.15, -0.1) is 10.2 Å². The largest absolute Gasteiger partial charge is 0.326 e. The quantitative estimate of drug-likeness (QED) is 0.456. The van der Waals surface area contributed by atoms with Crippen LogP contribution in [0.25, 0.3) is 11.4 Å². The first-order valence-electron chi connectivity index (χ1n) is 8.69. The highest BCUT2D eigenvalue weighted by molar-refractivity contribution is 7.99. The Morgan fingerprint density at radius 3 is 2.50 bits per heavy atom. The molecule has 6 nitrogen and oxygen atoms in total. The molecule has 0 radical (unpaired) electrons. The molecule has 0 atom stereocenters. The number of halogens is 1. The molecule has 0 aliphatic heterocycles. The van der Waals surface area contributed by atoms with Gasteiger partial charge in [0.15, 0.2) is 16.8 Å². The van der Waals surface area contributed by atoms with Gasteiger partial charge in [-0.3, -0.25) is 9.59 Å². The molecule has 2 aromatic carbocycles. The van der Waals surface area contributed by atoms with Crippen molar-refractivity contribution in [3.63, 3.8) is 0 Å². The Morgan fingerprint density at radius 2 is 1.82 bits per heavy atom. The SMILES string of the molecule is CCC(=O)Nc1ccc(C(=O)CSc2nnc(-c3ccccc3Cl)n2C)cc1. The minimum absolute atomic E-state index is 0.0272. The summed E-state index contributed by atoms with van der Waals surface area (Å²) in [7, 11) is 1.84. The Labute approximate surface area is 172 Å². The standard InChI is InChI=1S/C20H19ClN4O2S/c1-3-18(27)22-14-10-8-13(9-11-14)17(26)12-28-20-24-23-19(25(20)2)15-6-4-5-7-16(15)21/h4-11H,3,12H2,1-2H3,(H,22,27). The fraction of sp³-hybridized carbons (Fsp3) is 0.200. The fourth-order valence-electron chi connectivity index (χ4n) is 2.52. The predicted octanol–water partition coefficient (Wildman–Crippen LogP) is 4.46. The lowest BCUT2D eigenvalue weighted by Crippen LogP contribution is -2.10. The third-order valence-electron chi connectivity index (χ3n) is 4.09. The lowest BCUT2D eigenvalue weighted by molar-refractivity contribution is -0.115. The third kappa shape index (κ3) is 4.61. The van der Waals surface area contributed by atoms with Crippen LogP contribution in [0.3, 0.4) is 0 Å². The number of aromatic nitrogens is 3. The van der Waals surface area contributed by atoms with Gasteiger partial charge in [0.1, 0.15) is 0 Å². The smallest absolute Gasteiger partial charge is 0.224 e. The second kappa shape index (κ2) is 9.03. The van der Waals surface area contributed by atoms with E-state index in [0.717, 1.165) is 5.56 Å². The molecule has 0 bridgehead atoms. The van der Waals surface area contributed by atoms with Crippen molar-refractivity contribution in [2.24, 2.45) is 7.05 Å². The molecule has 3 aromatic rings. The zero-order valence-corrected chi connectivity index (χ0v) is 17.0. The predicted molar refractivity (Wildman–Crippen MR) is 112 cm³/mol. The maximum atomic E-state index is 12.5. The number of nitrogens with one attached hydrogen (secondary N) is 1. The van der Waals surface area contributed by atoms with Crippen molar-refractivity contribution in [1.82, 2.24) is 14.8 Å². The third-order valence-corrected chi connectivity index (χ3v) is 5.44. The van der Waals surface area contributed by atoms with Gasteiger partial charge in [0.25, 0.3) is 0 Å². The number of Topliss-reactive ketones (excluding diaryl/α,β-unsaturated/α-hetero) is 1. The molecule has 0 saturated heterocycles. The van der Waals surface area contributed by atoms with E-state index in [-0.39, 0.29) is 17.4 Å². The normalized spacial score (nSPS) is 10.7. The highest BCUT2D eigenvalue weighted by atomic mass is 35.5. The number of nitrogens with zero attached hydrogens (tertiary/aromatic N) is 3. The first-order valence-corrected chi connectivity index (χ1v) is 10.1. The van der Waals surface area contributed by atoms with Crippen molar-refractivity contribution in [3.05, 3.63) is 59.1 Å². The molecule has 1 amide bonds. The van der Waals surface area contributed by atoms with Crippen molar-refractivity contribution >= 4 is 40.7 Å². The molecule has 144 valence electrons. The number of ketones is 1. The summed E-state index contributed by atoms with van der Waals surface area (Å²) in [5.41, 5.74) is 2.05. The maximum absolute atomic E-state index is 12.5. The van der Waals surface area contributed by atoms with Crippen LogP contribution in [0.15, 0.2) is 53.7 Å². The lowest BCUT2D eigenvalue weighted by atomic mass is 10.1. The van der Waals surface area contributed by atoms with E-state index in [1.165, 1.54) is 11.8 Å². The summed E-state index contributed by atoms with van der Waals surface area (Å²) < 4.78 is 1.82. The number of carbonyl (C=O) groups is 2. The first-order chi connectivity index (χ1) is 13.5. The van der Waals surface area contributed by atoms with Gasteiger partial charge in [-0.25, -0.2) is 0 Å². The van der Waals surface area contributed by atoms with Gasteiger partial charge in [0.05, 0.1) is 10.8 Å². The number of rotatable bonds is 7. The first kappa shape index (κ1) is 20.1. The van der Waals surface area contributed by atoms with Gasteiger partial charge in [0, 0.05) is 30.3 Å². The number of amides is 1. The van der Waals surface area contributed by atoms with E-state index in [2.05, 4.69) is 15.5 Å². The van der Waals surface area contributed by atoms with E-state index < -0.39 is 0 Å². The molecule has 0 fully saturated rings. The van der Waals surface area contributed by atoms with Crippen LogP contribution in [0.4, 0.5) is 5.69 Å². The summed E-state index contributed by atoms with van der Waals surface area (Å²) in [5, 5.41) is 12.4. The molecule has 1 aromatic heterocycles. The number of thioether (sulfide) groups is 1. The van der Waals surface area contributed by atoms with E-state index in [4.69, 9.17) is 11.6 Å². The highest BCUT2D eigenvalue weighted by Gasteiger charge is 2.15. The van der Waals surface area contributed by atoms with Gasteiger partial charge in [0.2, 0.25) is 5.91 Å². The zero-order chi connectivity index (χ0) is 20.1. The molecule has 1 N–H and O–H groups in total. The molecule has 0 spiro atoms. The Hall–Kier alpha value is -2.64. The van der Waals surface area contributed by atoms with Gasteiger partial charge >= 0.3 is 0 Å². The molecule has 0 unspecified atom stereocenters. The van der Waals surface area contributed by atoms with Crippen LogP contribution in [0.5, 0.6) is 0 Å². The van der Waals surface area contributed by atoms with Crippen LogP contribution in [-0.4, -0.2) is 32.2 Å². The van der Waals surface area contributed by atoms with Crippen molar-refractivity contribution < 1.29 is 9.59 Å². The minimum atomic E-state index is -0.0637. The lowest BCUT2D eigenvalue weighted by Gasteiger charge is -2.06. The van der Waals surface area contributed by atoms with Crippen LogP contribution >= 0.6 is 23.4 Å². The Kier molecular flexibility index (Phi) is 6.49. The van der Waals surface area contributed by atoms with Gasteiger partial charge in [-0.2, -0.15) is 0 Å². The molecule has 28 heavy (non-hydrogen) atoms. The summed E-state index contributed by atoms with van der Waals surface area (Å²) in [6.45, 7) is 1.79. The zero-order valence-electron chi connectivity index (χ0n) is 15.5. The van der Waals surface area contributed by atoms with Crippen molar-refractivity contribution in [2.75, 3.05) is 11.1 Å². The van der Waals surface area contributed by atoms with Crippen molar-refractivity contribution in [3.8, 4) is 11.4 Å². The second-order valence-electron chi connectivity index (χ2n) is 6.04. The Balaban J connectivity index is 1.65. The molecule has 8 heteroatoms.